The zero-order valence-corrected chi connectivity index (χ0v) is 13.5. The van der Waals surface area contributed by atoms with Crippen molar-refractivity contribution < 1.29 is 4.79 Å². The van der Waals surface area contributed by atoms with Gasteiger partial charge in [-0.05, 0) is 49.6 Å². The van der Waals surface area contributed by atoms with Crippen LogP contribution in [0.15, 0.2) is 24.3 Å². The third kappa shape index (κ3) is 2.70. The number of amides is 1. The van der Waals surface area contributed by atoms with Crippen molar-refractivity contribution in [2.75, 3.05) is 13.1 Å². The molecule has 0 spiro atoms. The number of thiophene rings is 1. The highest BCUT2D eigenvalue weighted by Crippen LogP contribution is 2.32. The quantitative estimate of drug-likeness (QED) is 0.924. The Bertz CT molecular complexity index is 662. The standard InChI is InChI=1S/C17H22N2OS/c1-11-14-7-3-4-8-15(14)21-16(11)17(20)19-9-5-6-13(10-19)12(2)18/h3-4,7-8,12-13H,5-6,9-10,18H2,1-2H3/t12-,13+/m0/s1. The number of benzene rings is 1. The number of aryl methyl sites for hydroxylation is 1. The Labute approximate surface area is 129 Å². The van der Waals surface area contributed by atoms with Crippen molar-refractivity contribution in [1.82, 2.24) is 4.90 Å². The molecule has 0 aliphatic carbocycles. The fourth-order valence-electron chi connectivity index (χ4n) is 3.15. The molecule has 0 radical (unpaired) electrons. The van der Waals surface area contributed by atoms with Crippen molar-refractivity contribution in [3.05, 3.63) is 34.7 Å². The number of likely N-dealkylation sites (tertiary alicyclic amines) is 1. The van der Waals surface area contributed by atoms with Gasteiger partial charge in [0.2, 0.25) is 0 Å². The molecule has 3 nitrogen and oxygen atoms in total. The summed E-state index contributed by atoms with van der Waals surface area (Å²) in [6.45, 7) is 5.75. The third-order valence-corrected chi connectivity index (χ3v) is 5.79. The molecule has 0 bridgehead atoms. The number of rotatable bonds is 2. The molecule has 2 heterocycles. The number of carbonyl (C=O) groups excluding carboxylic acids is 1. The van der Waals surface area contributed by atoms with Crippen LogP contribution in [0, 0.1) is 12.8 Å². The molecule has 1 saturated heterocycles. The second-order valence-corrected chi connectivity index (χ2v) is 7.12. The second kappa shape index (κ2) is 5.78. The zero-order chi connectivity index (χ0) is 15.0. The molecular weight excluding hydrogens is 280 g/mol. The van der Waals surface area contributed by atoms with E-state index in [0.29, 0.717) is 5.92 Å². The Hall–Kier alpha value is -1.39. The minimum atomic E-state index is 0.157. The molecule has 2 N–H and O–H groups in total. The van der Waals surface area contributed by atoms with Crippen molar-refractivity contribution in [3.8, 4) is 0 Å². The van der Waals surface area contributed by atoms with Crippen LogP contribution in [0.4, 0.5) is 0 Å². The minimum absolute atomic E-state index is 0.157. The van der Waals surface area contributed by atoms with Crippen LogP contribution in [0.5, 0.6) is 0 Å². The second-order valence-electron chi connectivity index (χ2n) is 6.06. The molecule has 1 aromatic heterocycles. The van der Waals surface area contributed by atoms with E-state index < -0.39 is 0 Å². The Kier molecular flexibility index (Phi) is 4.00. The van der Waals surface area contributed by atoms with Crippen LogP contribution in [0.25, 0.3) is 10.1 Å². The van der Waals surface area contributed by atoms with Gasteiger partial charge in [0.05, 0.1) is 4.88 Å². The van der Waals surface area contributed by atoms with Crippen LogP contribution in [0.1, 0.15) is 35.0 Å². The molecule has 2 atom stereocenters. The maximum absolute atomic E-state index is 12.9. The highest BCUT2D eigenvalue weighted by atomic mass is 32.1. The fourth-order valence-corrected chi connectivity index (χ4v) is 4.32. The van der Waals surface area contributed by atoms with E-state index in [2.05, 4.69) is 19.1 Å². The zero-order valence-electron chi connectivity index (χ0n) is 12.6. The lowest BCUT2D eigenvalue weighted by molar-refractivity contribution is 0.0665. The van der Waals surface area contributed by atoms with Crippen LogP contribution >= 0.6 is 11.3 Å². The summed E-state index contributed by atoms with van der Waals surface area (Å²) in [7, 11) is 0. The van der Waals surface area contributed by atoms with Crippen molar-refractivity contribution in [2.45, 2.75) is 32.7 Å². The summed E-state index contributed by atoms with van der Waals surface area (Å²) in [5.41, 5.74) is 7.14. The van der Waals surface area contributed by atoms with Crippen molar-refractivity contribution in [2.24, 2.45) is 11.7 Å². The van der Waals surface area contributed by atoms with Gasteiger partial charge in [-0.1, -0.05) is 18.2 Å². The molecule has 1 aliphatic rings. The number of hydrogen-bond donors (Lipinski definition) is 1. The molecule has 3 rings (SSSR count). The van der Waals surface area contributed by atoms with Crippen LogP contribution in [0.3, 0.4) is 0 Å². The first-order chi connectivity index (χ1) is 10.1. The maximum Gasteiger partial charge on any atom is 0.264 e. The predicted molar refractivity (Wildman–Crippen MR) is 88.8 cm³/mol. The van der Waals surface area contributed by atoms with Gasteiger partial charge in [-0.3, -0.25) is 4.79 Å². The van der Waals surface area contributed by atoms with Crippen LogP contribution in [-0.4, -0.2) is 29.9 Å². The minimum Gasteiger partial charge on any atom is -0.338 e. The first-order valence-electron chi connectivity index (χ1n) is 7.61. The van der Waals surface area contributed by atoms with E-state index in [9.17, 15) is 4.79 Å². The molecule has 1 aromatic carbocycles. The van der Waals surface area contributed by atoms with Crippen LogP contribution in [-0.2, 0) is 0 Å². The van der Waals surface area contributed by atoms with E-state index in [4.69, 9.17) is 5.73 Å². The Morgan fingerprint density at radius 2 is 2.19 bits per heavy atom. The number of nitrogens with two attached hydrogens (primary N) is 1. The molecule has 4 heteroatoms. The summed E-state index contributed by atoms with van der Waals surface area (Å²) in [4.78, 5) is 15.7. The van der Waals surface area contributed by atoms with Gasteiger partial charge in [0.25, 0.3) is 5.91 Å². The normalized spacial score (nSPS) is 20.7. The molecular formula is C17H22N2OS. The van der Waals surface area contributed by atoms with Gasteiger partial charge in [0, 0.05) is 23.8 Å². The van der Waals surface area contributed by atoms with E-state index in [1.165, 1.54) is 10.1 Å². The van der Waals surface area contributed by atoms with Gasteiger partial charge < -0.3 is 10.6 Å². The van der Waals surface area contributed by atoms with E-state index in [1.807, 2.05) is 24.0 Å². The van der Waals surface area contributed by atoms with Crippen LogP contribution in [0.2, 0.25) is 0 Å². The molecule has 0 unspecified atom stereocenters. The fraction of sp³-hybridized carbons (Fsp3) is 0.471. The van der Waals surface area contributed by atoms with Gasteiger partial charge in [-0.25, -0.2) is 0 Å². The van der Waals surface area contributed by atoms with Gasteiger partial charge in [0.15, 0.2) is 0 Å². The molecule has 0 saturated carbocycles. The summed E-state index contributed by atoms with van der Waals surface area (Å²) in [5, 5.41) is 1.20. The lowest BCUT2D eigenvalue weighted by Crippen LogP contribution is -2.45. The average molecular weight is 302 g/mol. The first kappa shape index (κ1) is 14.5. The molecule has 112 valence electrons. The smallest absolute Gasteiger partial charge is 0.264 e. The summed E-state index contributed by atoms with van der Waals surface area (Å²) in [6.07, 6.45) is 2.19. The molecule has 1 aliphatic heterocycles. The average Bonchev–Trinajstić information content (AvgIpc) is 2.84. The van der Waals surface area contributed by atoms with E-state index in [0.717, 1.165) is 36.4 Å². The topological polar surface area (TPSA) is 46.3 Å². The van der Waals surface area contributed by atoms with Gasteiger partial charge in [-0.15, -0.1) is 11.3 Å². The number of fused-ring (bicyclic) bond motifs is 1. The molecule has 2 aromatic rings. The van der Waals surface area contributed by atoms with Crippen LogP contribution < -0.4 is 5.73 Å². The van der Waals surface area contributed by atoms with E-state index in [1.54, 1.807) is 11.3 Å². The number of carbonyl (C=O) groups is 1. The summed E-state index contributed by atoms with van der Waals surface area (Å²) >= 11 is 1.61. The first-order valence-corrected chi connectivity index (χ1v) is 8.42. The highest BCUT2D eigenvalue weighted by molar-refractivity contribution is 7.21. The van der Waals surface area contributed by atoms with Crippen molar-refractivity contribution >= 4 is 27.3 Å². The van der Waals surface area contributed by atoms with Crippen molar-refractivity contribution in [1.29, 1.82) is 0 Å². The van der Waals surface area contributed by atoms with Gasteiger partial charge in [0.1, 0.15) is 0 Å². The van der Waals surface area contributed by atoms with Gasteiger partial charge >= 0.3 is 0 Å². The molecule has 1 amide bonds. The number of nitrogens with zero attached hydrogens (tertiary/aromatic N) is 1. The Morgan fingerprint density at radius 3 is 2.90 bits per heavy atom. The monoisotopic (exact) mass is 302 g/mol. The molecule has 21 heavy (non-hydrogen) atoms. The summed E-state index contributed by atoms with van der Waals surface area (Å²) < 4.78 is 1.19. The lowest BCUT2D eigenvalue weighted by Gasteiger charge is -2.34. The summed E-state index contributed by atoms with van der Waals surface area (Å²) in [5.74, 6) is 0.608. The maximum atomic E-state index is 12.9. The summed E-state index contributed by atoms with van der Waals surface area (Å²) in [6, 6.07) is 8.40. The van der Waals surface area contributed by atoms with E-state index in [-0.39, 0.29) is 11.9 Å². The Morgan fingerprint density at radius 1 is 1.43 bits per heavy atom. The van der Waals surface area contributed by atoms with E-state index >= 15 is 0 Å². The number of hydrogen-bond acceptors (Lipinski definition) is 3. The largest absolute Gasteiger partial charge is 0.338 e. The predicted octanol–water partition coefficient (Wildman–Crippen LogP) is 3.41. The number of piperidine rings is 1. The lowest BCUT2D eigenvalue weighted by atomic mass is 9.92. The third-order valence-electron chi connectivity index (χ3n) is 4.53. The SMILES string of the molecule is Cc1c(C(=O)N2CCC[C@@H]([C@H](C)N)C2)sc2ccccc12. The van der Waals surface area contributed by atoms with Gasteiger partial charge in [-0.2, -0.15) is 0 Å². The Balaban J connectivity index is 1.88. The van der Waals surface area contributed by atoms with Crippen molar-refractivity contribution in [3.63, 3.8) is 0 Å². The highest BCUT2D eigenvalue weighted by Gasteiger charge is 2.28. The molecule has 1 fully saturated rings.